The molecular weight excluding hydrogens is 320 g/mol. The molecule has 0 saturated heterocycles. The number of carbonyl (C=O) groups excluding carboxylic acids is 1. The van der Waals surface area contributed by atoms with Crippen LogP contribution in [0.2, 0.25) is 0 Å². The van der Waals surface area contributed by atoms with E-state index < -0.39 is 15.9 Å². The van der Waals surface area contributed by atoms with Gasteiger partial charge in [-0.15, -0.1) is 0 Å². The molecule has 2 rings (SSSR count). The molecule has 1 aromatic carbocycles. The average molecular weight is 336 g/mol. The number of anilines is 1. The van der Waals surface area contributed by atoms with E-state index in [9.17, 15) is 18.0 Å². The van der Waals surface area contributed by atoms with Gasteiger partial charge in [0.15, 0.2) is 0 Å². The van der Waals surface area contributed by atoms with Crippen molar-refractivity contribution in [3.63, 3.8) is 0 Å². The van der Waals surface area contributed by atoms with Crippen LogP contribution in [0.5, 0.6) is 0 Å². The predicted octanol–water partition coefficient (Wildman–Crippen LogP) is 0.283. The minimum Gasteiger partial charge on any atom is -0.321 e. The van der Waals surface area contributed by atoms with Crippen molar-refractivity contribution in [2.45, 2.75) is 4.90 Å². The lowest BCUT2D eigenvalue weighted by Crippen LogP contribution is -2.24. The van der Waals surface area contributed by atoms with Gasteiger partial charge in [-0.25, -0.2) is 17.4 Å². The second-order valence-corrected chi connectivity index (χ2v) is 7.10. The molecule has 23 heavy (non-hydrogen) atoms. The monoisotopic (exact) mass is 336 g/mol. The Bertz CT molecular complexity index is 903. The summed E-state index contributed by atoms with van der Waals surface area (Å²) in [4.78, 5) is 23.5. The molecule has 0 aliphatic heterocycles. The first kappa shape index (κ1) is 16.8. The maximum Gasteiger partial charge on any atom is 0.276 e. The number of aryl methyl sites for hydroxylation is 1. The van der Waals surface area contributed by atoms with Crippen LogP contribution < -0.4 is 10.9 Å². The van der Waals surface area contributed by atoms with E-state index in [-0.39, 0.29) is 16.1 Å². The van der Waals surface area contributed by atoms with E-state index in [1.54, 1.807) is 6.07 Å². The number of nitrogens with one attached hydrogen (secondary N) is 1. The van der Waals surface area contributed by atoms with Gasteiger partial charge in [0, 0.05) is 32.9 Å². The van der Waals surface area contributed by atoms with E-state index in [4.69, 9.17) is 0 Å². The quantitative estimate of drug-likeness (QED) is 0.864. The highest BCUT2D eigenvalue weighted by Crippen LogP contribution is 2.18. The zero-order valence-corrected chi connectivity index (χ0v) is 13.7. The molecule has 0 saturated carbocycles. The highest BCUT2D eigenvalue weighted by atomic mass is 32.2. The van der Waals surface area contributed by atoms with Gasteiger partial charge >= 0.3 is 0 Å². The Kier molecular flexibility index (Phi) is 4.62. The first-order valence-electron chi connectivity index (χ1n) is 6.60. The molecule has 0 fully saturated rings. The fourth-order valence-corrected chi connectivity index (χ4v) is 2.71. The number of aromatic nitrogens is 2. The van der Waals surface area contributed by atoms with Gasteiger partial charge in [-0.3, -0.25) is 9.59 Å². The zero-order chi connectivity index (χ0) is 17.2. The Balaban J connectivity index is 2.29. The van der Waals surface area contributed by atoms with Gasteiger partial charge in [-0.05, 0) is 24.3 Å². The number of benzene rings is 1. The Labute approximate surface area is 133 Å². The summed E-state index contributed by atoms with van der Waals surface area (Å²) >= 11 is 0. The molecular formula is C14H16N4O4S. The number of rotatable bonds is 4. The van der Waals surface area contributed by atoms with Crippen LogP contribution in [0.1, 0.15) is 10.5 Å². The predicted molar refractivity (Wildman–Crippen MR) is 84.7 cm³/mol. The number of carbonyl (C=O) groups is 1. The van der Waals surface area contributed by atoms with Gasteiger partial charge in [0.1, 0.15) is 5.69 Å². The molecule has 1 amide bonds. The number of hydrogen-bond donors (Lipinski definition) is 1. The highest BCUT2D eigenvalue weighted by molar-refractivity contribution is 7.89. The molecule has 9 heteroatoms. The second kappa shape index (κ2) is 6.31. The lowest BCUT2D eigenvalue weighted by atomic mass is 10.3. The Morgan fingerprint density at radius 2 is 1.91 bits per heavy atom. The van der Waals surface area contributed by atoms with Crippen molar-refractivity contribution in [2.75, 3.05) is 19.4 Å². The van der Waals surface area contributed by atoms with E-state index in [1.807, 2.05) is 0 Å². The minimum atomic E-state index is -3.59. The summed E-state index contributed by atoms with van der Waals surface area (Å²) in [6.07, 6.45) is 0. The largest absolute Gasteiger partial charge is 0.321 e. The van der Waals surface area contributed by atoms with E-state index in [2.05, 4.69) is 10.4 Å². The maximum atomic E-state index is 12.1. The number of nitrogens with zero attached hydrogens (tertiary/aromatic N) is 3. The van der Waals surface area contributed by atoms with Crippen LogP contribution in [0.15, 0.2) is 46.1 Å². The van der Waals surface area contributed by atoms with Crippen LogP contribution in [0.3, 0.4) is 0 Å². The summed E-state index contributed by atoms with van der Waals surface area (Å²) in [7, 11) is 0.694. The van der Waals surface area contributed by atoms with Gasteiger partial charge in [-0.2, -0.15) is 5.10 Å². The molecule has 0 aliphatic rings. The molecule has 0 atom stereocenters. The molecule has 8 nitrogen and oxygen atoms in total. The smallest absolute Gasteiger partial charge is 0.276 e. The summed E-state index contributed by atoms with van der Waals surface area (Å²) in [6.45, 7) is 0. The van der Waals surface area contributed by atoms with Crippen LogP contribution in [0, 0.1) is 0 Å². The second-order valence-electron chi connectivity index (χ2n) is 4.95. The van der Waals surface area contributed by atoms with Crippen LogP contribution in [-0.2, 0) is 17.1 Å². The lowest BCUT2D eigenvalue weighted by molar-refractivity contribution is 0.102. The number of amides is 1. The fourth-order valence-electron chi connectivity index (χ4n) is 1.76. The zero-order valence-electron chi connectivity index (χ0n) is 12.8. The van der Waals surface area contributed by atoms with Crippen LogP contribution in [-0.4, -0.2) is 42.5 Å². The molecule has 0 spiro atoms. The number of sulfonamides is 1. The normalized spacial score (nSPS) is 11.5. The van der Waals surface area contributed by atoms with Crippen molar-refractivity contribution in [3.05, 3.63) is 52.4 Å². The molecule has 1 heterocycles. The first-order valence-corrected chi connectivity index (χ1v) is 8.04. The molecule has 0 unspecified atom stereocenters. The Morgan fingerprint density at radius 3 is 2.52 bits per heavy atom. The molecule has 122 valence electrons. The topological polar surface area (TPSA) is 101 Å². The van der Waals surface area contributed by atoms with Crippen LogP contribution >= 0.6 is 0 Å². The first-order chi connectivity index (χ1) is 10.7. The molecule has 1 N–H and O–H groups in total. The van der Waals surface area contributed by atoms with Crippen molar-refractivity contribution in [1.29, 1.82) is 0 Å². The summed E-state index contributed by atoms with van der Waals surface area (Å²) in [5.74, 6) is -0.542. The van der Waals surface area contributed by atoms with Crippen molar-refractivity contribution in [3.8, 4) is 0 Å². The minimum absolute atomic E-state index is 0.0490. The third kappa shape index (κ3) is 3.63. The Morgan fingerprint density at radius 1 is 1.22 bits per heavy atom. The van der Waals surface area contributed by atoms with Crippen molar-refractivity contribution in [1.82, 2.24) is 14.1 Å². The molecule has 0 bridgehead atoms. The summed E-state index contributed by atoms with van der Waals surface area (Å²) in [5.41, 5.74) is 0.0298. The maximum absolute atomic E-state index is 12.1. The van der Waals surface area contributed by atoms with Gasteiger partial charge in [-0.1, -0.05) is 6.07 Å². The highest BCUT2D eigenvalue weighted by Gasteiger charge is 2.18. The summed E-state index contributed by atoms with van der Waals surface area (Å²) in [5, 5.41) is 6.39. The molecule has 0 radical (unpaired) electrons. The molecule has 2 aromatic rings. The van der Waals surface area contributed by atoms with E-state index in [0.29, 0.717) is 5.69 Å². The van der Waals surface area contributed by atoms with Crippen molar-refractivity contribution in [2.24, 2.45) is 7.05 Å². The third-order valence-electron chi connectivity index (χ3n) is 3.06. The fraction of sp³-hybridized carbons (Fsp3) is 0.214. The Hall–Kier alpha value is -2.52. The SMILES string of the molecule is CN(C)S(=O)(=O)c1cccc(NC(=O)c2ccc(=O)n(C)n2)c1. The molecule has 1 aromatic heterocycles. The summed E-state index contributed by atoms with van der Waals surface area (Å²) < 4.78 is 26.3. The van der Waals surface area contributed by atoms with Crippen LogP contribution in [0.25, 0.3) is 0 Å². The van der Waals surface area contributed by atoms with E-state index in [0.717, 1.165) is 8.99 Å². The van der Waals surface area contributed by atoms with E-state index in [1.165, 1.54) is 51.5 Å². The van der Waals surface area contributed by atoms with Gasteiger partial charge in [0.25, 0.3) is 11.5 Å². The van der Waals surface area contributed by atoms with Gasteiger partial charge < -0.3 is 5.32 Å². The summed E-state index contributed by atoms with van der Waals surface area (Å²) in [6, 6.07) is 8.42. The standard InChI is InChI=1S/C14H16N4O4S/c1-17(2)23(21,22)11-6-4-5-10(9-11)15-14(20)12-7-8-13(19)18(3)16-12/h4-9H,1-3H3,(H,15,20). The van der Waals surface area contributed by atoms with Crippen molar-refractivity contribution < 1.29 is 13.2 Å². The van der Waals surface area contributed by atoms with Gasteiger partial charge in [0.2, 0.25) is 10.0 Å². The van der Waals surface area contributed by atoms with Gasteiger partial charge in [0.05, 0.1) is 4.90 Å². The lowest BCUT2D eigenvalue weighted by Gasteiger charge is -2.12. The van der Waals surface area contributed by atoms with Crippen molar-refractivity contribution >= 4 is 21.6 Å². The number of hydrogen-bond acceptors (Lipinski definition) is 5. The third-order valence-corrected chi connectivity index (χ3v) is 4.87. The average Bonchev–Trinajstić information content (AvgIpc) is 2.50. The van der Waals surface area contributed by atoms with Crippen LogP contribution in [0.4, 0.5) is 5.69 Å². The molecule has 0 aliphatic carbocycles. The van der Waals surface area contributed by atoms with E-state index >= 15 is 0 Å².